The van der Waals surface area contributed by atoms with Crippen LogP contribution in [0.3, 0.4) is 0 Å². The van der Waals surface area contributed by atoms with E-state index in [0.29, 0.717) is 12.8 Å². The summed E-state index contributed by atoms with van der Waals surface area (Å²) in [7, 11) is 3.92. The Kier molecular flexibility index (Phi) is 4.42. The highest BCUT2D eigenvalue weighted by atomic mass is 16.1. The molecular weight excluding hydrogens is 192 g/mol. The quantitative estimate of drug-likeness (QED) is 0.680. The molecule has 0 aliphatic rings. The van der Waals surface area contributed by atoms with Crippen LogP contribution in [0.2, 0.25) is 0 Å². The minimum Gasteiger partial charge on any atom is -0.309 e. The van der Waals surface area contributed by atoms with E-state index >= 15 is 0 Å². The molecular formula is C10H18N4O. The lowest BCUT2D eigenvalue weighted by Gasteiger charge is -2.08. The van der Waals surface area contributed by atoms with Crippen molar-refractivity contribution in [1.82, 2.24) is 19.7 Å². The molecule has 5 heteroatoms. The molecule has 1 heterocycles. The predicted molar refractivity (Wildman–Crippen MR) is 57.6 cm³/mol. The number of carbonyl (C=O) groups excluding carboxylic acids is 1. The van der Waals surface area contributed by atoms with Crippen molar-refractivity contribution in [2.75, 3.05) is 20.6 Å². The summed E-state index contributed by atoms with van der Waals surface area (Å²) in [6, 6.07) is 0. The van der Waals surface area contributed by atoms with E-state index in [1.807, 2.05) is 25.9 Å². The lowest BCUT2D eigenvalue weighted by Crippen LogP contribution is -2.18. The zero-order valence-corrected chi connectivity index (χ0v) is 9.60. The second kappa shape index (κ2) is 5.60. The van der Waals surface area contributed by atoms with Crippen LogP contribution in [0.25, 0.3) is 0 Å². The van der Waals surface area contributed by atoms with E-state index in [9.17, 15) is 4.79 Å². The van der Waals surface area contributed by atoms with Gasteiger partial charge in [-0.2, -0.15) is 5.10 Å². The summed E-state index contributed by atoms with van der Waals surface area (Å²) in [6.45, 7) is 3.54. The first-order chi connectivity index (χ1) is 7.13. The van der Waals surface area contributed by atoms with E-state index in [0.717, 1.165) is 18.9 Å². The molecule has 0 radical (unpaired) electrons. The van der Waals surface area contributed by atoms with Crippen LogP contribution >= 0.6 is 0 Å². The Morgan fingerprint density at radius 1 is 1.53 bits per heavy atom. The number of aromatic nitrogens is 3. The Balaban J connectivity index is 2.44. The van der Waals surface area contributed by atoms with Gasteiger partial charge in [-0.15, -0.1) is 0 Å². The number of rotatable bonds is 6. The molecule has 0 aromatic carbocycles. The first kappa shape index (κ1) is 11.8. The van der Waals surface area contributed by atoms with Crippen molar-refractivity contribution in [3.8, 4) is 0 Å². The van der Waals surface area contributed by atoms with Gasteiger partial charge in [0.05, 0.1) is 6.42 Å². The highest BCUT2D eigenvalue weighted by Crippen LogP contribution is 1.98. The minimum atomic E-state index is 0.214. The summed E-state index contributed by atoms with van der Waals surface area (Å²) in [4.78, 5) is 17.6. The van der Waals surface area contributed by atoms with E-state index in [-0.39, 0.29) is 5.78 Å². The zero-order valence-electron chi connectivity index (χ0n) is 9.60. The van der Waals surface area contributed by atoms with Crippen LogP contribution in [-0.2, 0) is 17.8 Å². The Morgan fingerprint density at radius 2 is 2.27 bits per heavy atom. The molecule has 5 nitrogen and oxygen atoms in total. The van der Waals surface area contributed by atoms with Gasteiger partial charge in [0.1, 0.15) is 17.9 Å². The average molecular weight is 210 g/mol. The zero-order chi connectivity index (χ0) is 11.3. The summed E-state index contributed by atoms with van der Waals surface area (Å²) in [5.41, 5.74) is 0. The van der Waals surface area contributed by atoms with Gasteiger partial charge in [-0.05, 0) is 21.0 Å². The van der Waals surface area contributed by atoms with Crippen molar-refractivity contribution in [1.29, 1.82) is 0 Å². The van der Waals surface area contributed by atoms with E-state index in [2.05, 4.69) is 10.1 Å². The van der Waals surface area contributed by atoms with E-state index in [4.69, 9.17) is 0 Å². The van der Waals surface area contributed by atoms with Gasteiger partial charge in [-0.25, -0.2) is 9.67 Å². The number of hydrogen-bond donors (Lipinski definition) is 0. The first-order valence-corrected chi connectivity index (χ1v) is 5.16. The number of carbonyl (C=O) groups is 1. The first-order valence-electron chi connectivity index (χ1n) is 5.16. The molecule has 0 aliphatic heterocycles. The fourth-order valence-electron chi connectivity index (χ4n) is 1.30. The van der Waals surface area contributed by atoms with Gasteiger partial charge in [0.25, 0.3) is 0 Å². The van der Waals surface area contributed by atoms with Crippen molar-refractivity contribution in [3.63, 3.8) is 0 Å². The van der Waals surface area contributed by atoms with E-state index in [1.165, 1.54) is 6.33 Å². The number of nitrogens with zero attached hydrogens (tertiary/aromatic N) is 4. The molecule has 0 atom stereocenters. The van der Waals surface area contributed by atoms with Crippen LogP contribution in [0.1, 0.15) is 19.2 Å². The van der Waals surface area contributed by atoms with Crippen LogP contribution in [0.5, 0.6) is 0 Å². The van der Waals surface area contributed by atoms with Crippen LogP contribution in [-0.4, -0.2) is 46.1 Å². The third-order valence-corrected chi connectivity index (χ3v) is 2.19. The Bertz CT molecular complexity index is 319. The van der Waals surface area contributed by atoms with Gasteiger partial charge in [-0.3, -0.25) is 4.79 Å². The Hall–Kier alpha value is -1.23. The highest BCUT2D eigenvalue weighted by Gasteiger charge is 2.09. The molecule has 1 rings (SSSR count). The maximum absolute atomic E-state index is 11.6. The fourth-order valence-corrected chi connectivity index (χ4v) is 1.30. The molecule has 0 aliphatic carbocycles. The molecule has 0 saturated carbocycles. The van der Waals surface area contributed by atoms with Crippen LogP contribution in [0.4, 0.5) is 0 Å². The molecule has 0 unspecified atom stereocenters. The van der Waals surface area contributed by atoms with Crippen molar-refractivity contribution < 1.29 is 4.79 Å². The predicted octanol–water partition coefficient (Wildman–Crippen LogP) is 0.361. The monoisotopic (exact) mass is 210 g/mol. The maximum atomic E-state index is 11.6. The third kappa shape index (κ3) is 3.79. The maximum Gasteiger partial charge on any atom is 0.141 e. The number of hydrogen-bond acceptors (Lipinski definition) is 4. The number of aryl methyl sites for hydroxylation is 1. The summed E-state index contributed by atoms with van der Waals surface area (Å²) in [6.07, 6.45) is 2.46. The molecule has 0 N–H and O–H groups in total. The lowest BCUT2D eigenvalue weighted by atomic mass is 10.2. The summed E-state index contributed by atoms with van der Waals surface area (Å²) in [5.74, 6) is 0.979. The molecule has 1 aromatic heterocycles. The van der Waals surface area contributed by atoms with Crippen molar-refractivity contribution in [2.24, 2.45) is 0 Å². The van der Waals surface area contributed by atoms with Gasteiger partial charge in [0.15, 0.2) is 0 Å². The third-order valence-electron chi connectivity index (χ3n) is 2.19. The van der Waals surface area contributed by atoms with Crippen LogP contribution < -0.4 is 0 Å². The normalized spacial score (nSPS) is 10.9. The van der Waals surface area contributed by atoms with Crippen molar-refractivity contribution >= 4 is 5.78 Å². The summed E-state index contributed by atoms with van der Waals surface area (Å²) in [5, 5.41) is 4.03. The Morgan fingerprint density at radius 3 is 2.87 bits per heavy atom. The molecule has 1 aromatic rings. The van der Waals surface area contributed by atoms with Gasteiger partial charge in [0, 0.05) is 19.5 Å². The smallest absolute Gasteiger partial charge is 0.141 e. The molecule has 0 fully saturated rings. The molecule has 0 amide bonds. The molecule has 0 bridgehead atoms. The molecule has 0 spiro atoms. The Labute approximate surface area is 90.1 Å². The largest absolute Gasteiger partial charge is 0.309 e. The van der Waals surface area contributed by atoms with Gasteiger partial charge in [0.2, 0.25) is 0 Å². The van der Waals surface area contributed by atoms with Crippen LogP contribution in [0.15, 0.2) is 6.33 Å². The standard InChI is InChI=1S/C10H18N4O/c1-4-14-10(11-8-12-14)7-9(15)5-6-13(2)3/h8H,4-7H2,1-3H3. The lowest BCUT2D eigenvalue weighted by molar-refractivity contribution is -0.118. The fraction of sp³-hybridized carbons (Fsp3) is 0.700. The van der Waals surface area contributed by atoms with Gasteiger partial charge in [-0.1, -0.05) is 0 Å². The molecule has 84 valence electrons. The number of ketones is 1. The van der Waals surface area contributed by atoms with E-state index in [1.54, 1.807) is 4.68 Å². The van der Waals surface area contributed by atoms with Gasteiger partial charge >= 0.3 is 0 Å². The van der Waals surface area contributed by atoms with Crippen molar-refractivity contribution in [3.05, 3.63) is 12.2 Å². The van der Waals surface area contributed by atoms with Crippen LogP contribution in [0, 0.1) is 0 Å². The highest BCUT2D eigenvalue weighted by molar-refractivity contribution is 5.80. The summed E-state index contributed by atoms with van der Waals surface area (Å²) >= 11 is 0. The SMILES string of the molecule is CCn1ncnc1CC(=O)CCN(C)C. The van der Waals surface area contributed by atoms with Gasteiger partial charge < -0.3 is 4.90 Å². The second-order valence-corrected chi connectivity index (χ2v) is 3.76. The molecule has 0 saturated heterocycles. The molecule has 15 heavy (non-hydrogen) atoms. The topological polar surface area (TPSA) is 51.0 Å². The summed E-state index contributed by atoms with van der Waals surface area (Å²) < 4.78 is 1.76. The average Bonchev–Trinajstić information content (AvgIpc) is 2.62. The second-order valence-electron chi connectivity index (χ2n) is 3.76. The minimum absolute atomic E-state index is 0.214. The van der Waals surface area contributed by atoms with E-state index < -0.39 is 0 Å². The van der Waals surface area contributed by atoms with Crippen molar-refractivity contribution in [2.45, 2.75) is 26.3 Å². The number of Topliss-reactive ketones (excluding diaryl/α,β-unsaturated/α-hetero) is 1.